The minimum atomic E-state index is 0.0797. The number of carbonyl (C=O) groups is 1. The lowest BCUT2D eigenvalue weighted by Crippen LogP contribution is -2.48. The van der Waals surface area contributed by atoms with Crippen molar-refractivity contribution in [2.45, 2.75) is 24.3 Å². The molecule has 0 N–H and O–H groups in total. The molecule has 4 heteroatoms. The average Bonchev–Trinajstić information content (AvgIpc) is 2.38. The van der Waals surface area contributed by atoms with Crippen LogP contribution in [0.2, 0.25) is 0 Å². The summed E-state index contributed by atoms with van der Waals surface area (Å²) in [6, 6.07) is 7.57. The number of rotatable bonds is 2. The Morgan fingerprint density at radius 3 is 3.12 bits per heavy atom. The molecule has 1 unspecified atom stereocenters. The van der Waals surface area contributed by atoms with Gasteiger partial charge in [-0.05, 0) is 24.6 Å². The summed E-state index contributed by atoms with van der Waals surface area (Å²) in [5.74, 6) is 0.0797. The number of thiol groups is 1. The van der Waals surface area contributed by atoms with Gasteiger partial charge in [0.2, 0.25) is 0 Å². The third-order valence-electron chi connectivity index (χ3n) is 3.05. The molecule has 0 bridgehead atoms. The van der Waals surface area contributed by atoms with Crippen molar-refractivity contribution in [3.8, 4) is 0 Å². The van der Waals surface area contributed by atoms with Crippen LogP contribution in [0, 0.1) is 0 Å². The highest BCUT2D eigenvalue weighted by atomic mass is 32.1. The van der Waals surface area contributed by atoms with Gasteiger partial charge in [-0.3, -0.25) is 4.79 Å². The van der Waals surface area contributed by atoms with E-state index in [9.17, 15) is 4.79 Å². The lowest BCUT2D eigenvalue weighted by atomic mass is 10.1. The van der Waals surface area contributed by atoms with E-state index in [0.29, 0.717) is 25.3 Å². The molecule has 0 saturated carbocycles. The first-order chi connectivity index (χ1) is 8.22. The van der Waals surface area contributed by atoms with Crippen molar-refractivity contribution in [2.75, 3.05) is 19.8 Å². The number of hydrogen-bond donors (Lipinski definition) is 1. The van der Waals surface area contributed by atoms with Crippen LogP contribution < -0.4 is 0 Å². The van der Waals surface area contributed by atoms with Crippen LogP contribution in [0.3, 0.4) is 0 Å². The Bertz CT molecular complexity index is 408. The van der Waals surface area contributed by atoms with E-state index >= 15 is 0 Å². The Balaban J connectivity index is 2.18. The minimum Gasteiger partial charge on any atom is -0.377 e. The quantitative estimate of drug-likeness (QED) is 0.817. The van der Waals surface area contributed by atoms with E-state index < -0.39 is 0 Å². The van der Waals surface area contributed by atoms with Crippen LogP contribution in [-0.2, 0) is 4.74 Å². The summed E-state index contributed by atoms with van der Waals surface area (Å²) in [6.07, 6.45) is 0.923. The Kier molecular flexibility index (Phi) is 4.07. The molecule has 0 spiro atoms. The predicted octanol–water partition coefficient (Wildman–Crippen LogP) is 2.23. The molecule has 1 fully saturated rings. The lowest BCUT2D eigenvalue weighted by Gasteiger charge is -2.35. The van der Waals surface area contributed by atoms with Crippen molar-refractivity contribution in [3.05, 3.63) is 29.8 Å². The normalized spacial score (nSPS) is 20.4. The Morgan fingerprint density at radius 2 is 2.41 bits per heavy atom. The van der Waals surface area contributed by atoms with Gasteiger partial charge in [-0.25, -0.2) is 0 Å². The molecule has 0 radical (unpaired) electrons. The summed E-state index contributed by atoms with van der Waals surface area (Å²) >= 11 is 4.26. The number of ether oxygens (including phenoxy) is 1. The van der Waals surface area contributed by atoms with Crippen molar-refractivity contribution in [1.82, 2.24) is 4.90 Å². The molecule has 2 rings (SSSR count). The van der Waals surface area contributed by atoms with E-state index in [1.807, 2.05) is 29.2 Å². The van der Waals surface area contributed by atoms with Crippen molar-refractivity contribution < 1.29 is 9.53 Å². The fourth-order valence-corrected chi connectivity index (χ4v) is 2.29. The molecule has 1 saturated heterocycles. The zero-order valence-corrected chi connectivity index (χ0v) is 10.8. The van der Waals surface area contributed by atoms with Crippen LogP contribution in [0.4, 0.5) is 0 Å². The van der Waals surface area contributed by atoms with E-state index in [2.05, 4.69) is 19.6 Å². The van der Waals surface area contributed by atoms with E-state index in [4.69, 9.17) is 4.74 Å². The smallest absolute Gasteiger partial charge is 0.254 e. The van der Waals surface area contributed by atoms with Crippen LogP contribution in [0.5, 0.6) is 0 Å². The summed E-state index contributed by atoms with van der Waals surface area (Å²) in [7, 11) is 0. The van der Waals surface area contributed by atoms with Crippen molar-refractivity contribution in [2.24, 2.45) is 0 Å². The predicted molar refractivity (Wildman–Crippen MR) is 69.6 cm³/mol. The highest BCUT2D eigenvalue weighted by molar-refractivity contribution is 7.80. The van der Waals surface area contributed by atoms with E-state index in [1.165, 1.54) is 0 Å². The van der Waals surface area contributed by atoms with Crippen molar-refractivity contribution >= 4 is 18.5 Å². The number of hydrogen-bond acceptors (Lipinski definition) is 3. The van der Waals surface area contributed by atoms with Crippen molar-refractivity contribution in [1.29, 1.82) is 0 Å². The van der Waals surface area contributed by atoms with E-state index in [-0.39, 0.29) is 11.9 Å². The number of nitrogens with zero attached hydrogens (tertiary/aromatic N) is 1. The van der Waals surface area contributed by atoms with Crippen LogP contribution in [-0.4, -0.2) is 36.6 Å². The van der Waals surface area contributed by atoms with Gasteiger partial charge < -0.3 is 9.64 Å². The maximum atomic E-state index is 12.4. The zero-order valence-electron chi connectivity index (χ0n) is 9.93. The van der Waals surface area contributed by atoms with Gasteiger partial charge >= 0.3 is 0 Å². The van der Waals surface area contributed by atoms with Gasteiger partial charge in [-0.2, -0.15) is 0 Å². The van der Waals surface area contributed by atoms with Crippen LogP contribution >= 0.6 is 12.6 Å². The van der Waals surface area contributed by atoms with Crippen molar-refractivity contribution in [3.63, 3.8) is 0 Å². The van der Waals surface area contributed by atoms with Gasteiger partial charge in [0.05, 0.1) is 19.3 Å². The number of morpholine rings is 1. The lowest BCUT2D eigenvalue weighted by molar-refractivity contribution is -0.00281. The summed E-state index contributed by atoms with van der Waals surface area (Å²) < 4.78 is 5.40. The SMILES string of the molecule is CCC1COCCN1C(=O)c1cccc(S)c1. The molecular weight excluding hydrogens is 234 g/mol. The van der Waals surface area contributed by atoms with E-state index in [0.717, 1.165) is 11.3 Å². The van der Waals surface area contributed by atoms with Gasteiger partial charge in [0, 0.05) is 17.0 Å². The standard InChI is InChI=1S/C13H17NO2S/c1-2-11-9-16-7-6-14(11)13(15)10-4-3-5-12(17)8-10/h3-5,8,11,17H,2,6-7,9H2,1H3. The Hall–Kier alpha value is -1.00. The monoisotopic (exact) mass is 251 g/mol. The summed E-state index contributed by atoms with van der Waals surface area (Å²) in [6.45, 7) is 4.02. The third kappa shape index (κ3) is 2.82. The highest BCUT2D eigenvalue weighted by Crippen LogP contribution is 2.16. The molecule has 0 aliphatic carbocycles. The second-order valence-corrected chi connectivity index (χ2v) is 4.70. The zero-order chi connectivity index (χ0) is 12.3. The molecule has 1 aliphatic rings. The van der Waals surface area contributed by atoms with Gasteiger partial charge in [0.15, 0.2) is 0 Å². The summed E-state index contributed by atoms with van der Waals surface area (Å²) in [4.78, 5) is 15.1. The Labute approximate surface area is 107 Å². The van der Waals surface area contributed by atoms with Gasteiger partial charge in [0.25, 0.3) is 5.91 Å². The summed E-state index contributed by atoms with van der Waals surface area (Å²) in [5.41, 5.74) is 0.706. The maximum Gasteiger partial charge on any atom is 0.254 e. The maximum absolute atomic E-state index is 12.4. The second kappa shape index (κ2) is 5.56. The fourth-order valence-electron chi connectivity index (χ4n) is 2.07. The van der Waals surface area contributed by atoms with Crippen LogP contribution in [0.1, 0.15) is 23.7 Å². The molecule has 17 heavy (non-hydrogen) atoms. The summed E-state index contributed by atoms with van der Waals surface area (Å²) in [5, 5.41) is 0. The molecule has 1 aromatic carbocycles. The second-order valence-electron chi connectivity index (χ2n) is 4.19. The molecule has 92 valence electrons. The molecule has 1 aromatic rings. The number of amides is 1. The largest absolute Gasteiger partial charge is 0.377 e. The highest BCUT2D eigenvalue weighted by Gasteiger charge is 2.26. The molecule has 3 nitrogen and oxygen atoms in total. The first-order valence-corrected chi connectivity index (χ1v) is 6.35. The number of carbonyl (C=O) groups excluding carboxylic acids is 1. The molecular formula is C13H17NO2S. The van der Waals surface area contributed by atoms with Gasteiger partial charge in [0.1, 0.15) is 0 Å². The van der Waals surface area contributed by atoms with Gasteiger partial charge in [-0.1, -0.05) is 13.0 Å². The van der Waals surface area contributed by atoms with Crippen LogP contribution in [0.25, 0.3) is 0 Å². The first-order valence-electron chi connectivity index (χ1n) is 5.90. The van der Waals surface area contributed by atoms with Gasteiger partial charge in [-0.15, -0.1) is 12.6 Å². The fraction of sp³-hybridized carbons (Fsp3) is 0.462. The Morgan fingerprint density at radius 1 is 1.59 bits per heavy atom. The molecule has 1 heterocycles. The molecule has 0 aromatic heterocycles. The minimum absolute atomic E-state index is 0.0797. The van der Waals surface area contributed by atoms with Crippen LogP contribution in [0.15, 0.2) is 29.2 Å². The van der Waals surface area contributed by atoms with E-state index in [1.54, 1.807) is 0 Å². The average molecular weight is 251 g/mol. The molecule has 1 aliphatic heterocycles. The molecule has 1 amide bonds. The first kappa shape index (κ1) is 12.5. The topological polar surface area (TPSA) is 29.5 Å². The number of benzene rings is 1. The third-order valence-corrected chi connectivity index (χ3v) is 3.33. The molecule has 1 atom stereocenters.